The highest BCUT2D eigenvalue weighted by atomic mass is 19.1. The van der Waals surface area contributed by atoms with Gasteiger partial charge in [-0.25, -0.2) is 4.39 Å². The summed E-state index contributed by atoms with van der Waals surface area (Å²) in [4.78, 5) is 11.8. The lowest BCUT2D eigenvalue weighted by molar-refractivity contribution is 0.0946. The summed E-state index contributed by atoms with van der Waals surface area (Å²) in [6.07, 6.45) is 2.06. The van der Waals surface area contributed by atoms with Crippen LogP contribution in [0.1, 0.15) is 37.0 Å². The zero-order chi connectivity index (χ0) is 12.8. The molecule has 4 heteroatoms. The predicted octanol–water partition coefficient (Wildman–Crippen LogP) is 2.57. The van der Waals surface area contributed by atoms with Crippen LogP contribution in [0.3, 0.4) is 0 Å². The topological polar surface area (TPSA) is 55.1 Å². The van der Waals surface area contributed by atoms with Crippen molar-refractivity contribution in [2.24, 2.45) is 5.92 Å². The third kappa shape index (κ3) is 3.73. The Morgan fingerprint density at radius 1 is 1.41 bits per heavy atom. The van der Waals surface area contributed by atoms with Gasteiger partial charge < -0.3 is 11.1 Å². The van der Waals surface area contributed by atoms with E-state index in [0.717, 1.165) is 12.8 Å². The summed E-state index contributed by atoms with van der Waals surface area (Å²) >= 11 is 0. The number of hydrogen-bond donors (Lipinski definition) is 2. The smallest absolute Gasteiger partial charge is 0.251 e. The van der Waals surface area contributed by atoms with E-state index in [1.807, 2.05) is 0 Å². The summed E-state index contributed by atoms with van der Waals surface area (Å²) < 4.78 is 12.9. The van der Waals surface area contributed by atoms with Crippen molar-refractivity contribution < 1.29 is 9.18 Å². The second-order valence-electron chi connectivity index (χ2n) is 4.13. The van der Waals surface area contributed by atoms with Crippen molar-refractivity contribution in [1.82, 2.24) is 5.32 Å². The van der Waals surface area contributed by atoms with E-state index in [1.165, 1.54) is 18.2 Å². The van der Waals surface area contributed by atoms with E-state index in [1.54, 1.807) is 0 Å². The van der Waals surface area contributed by atoms with Crippen LogP contribution in [0.15, 0.2) is 18.2 Å². The maximum absolute atomic E-state index is 12.9. The molecule has 0 unspecified atom stereocenters. The van der Waals surface area contributed by atoms with Crippen LogP contribution in [0.25, 0.3) is 0 Å². The number of nitrogens with two attached hydrogens (primary N) is 1. The normalized spacial score (nSPS) is 10.6. The van der Waals surface area contributed by atoms with Gasteiger partial charge in [0.2, 0.25) is 0 Å². The lowest BCUT2D eigenvalue weighted by Crippen LogP contribution is -2.29. The van der Waals surface area contributed by atoms with E-state index >= 15 is 0 Å². The van der Waals surface area contributed by atoms with Gasteiger partial charge in [0.25, 0.3) is 5.91 Å². The van der Waals surface area contributed by atoms with Gasteiger partial charge >= 0.3 is 0 Å². The fourth-order valence-electron chi connectivity index (χ4n) is 1.60. The van der Waals surface area contributed by atoms with Gasteiger partial charge in [-0.05, 0) is 24.1 Å². The molecule has 1 aromatic carbocycles. The van der Waals surface area contributed by atoms with Gasteiger partial charge in [-0.15, -0.1) is 0 Å². The first-order valence-electron chi connectivity index (χ1n) is 5.91. The minimum Gasteiger partial charge on any atom is -0.396 e. The molecule has 3 nitrogen and oxygen atoms in total. The zero-order valence-electron chi connectivity index (χ0n) is 10.3. The Hall–Kier alpha value is -1.58. The van der Waals surface area contributed by atoms with Crippen molar-refractivity contribution in [1.29, 1.82) is 0 Å². The van der Waals surface area contributed by atoms with Gasteiger partial charge in [0, 0.05) is 12.1 Å². The second-order valence-corrected chi connectivity index (χ2v) is 4.13. The molecule has 0 saturated heterocycles. The first-order chi connectivity index (χ1) is 8.08. The van der Waals surface area contributed by atoms with E-state index in [4.69, 9.17) is 5.73 Å². The molecule has 0 saturated carbocycles. The molecule has 1 aromatic rings. The Balaban J connectivity index is 2.61. The van der Waals surface area contributed by atoms with Crippen molar-refractivity contribution in [3.63, 3.8) is 0 Å². The summed E-state index contributed by atoms with van der Waals surface area (Å²) in [7, 11) is 0. The van der Waals surface area contributed by atoms with E-state index < -0.39 is 5.82 Å². The highest BCUT2D eigenvalue weighted by Gasteiger charge is 2.10. The summed E-state index contributed by atoms with van der Waals surface area (Å²) in [6.45, 7) is 4.83. The maximum Gasteiger partial charge on any atom is 0.251 e. The van der Waals surface area contributed by atoms with Crippen LogP contribution in [-0.2, 0) is 0 Å². The molecule has 17 heavy (non-hydrogen) atoms. The molecule has 0 spiro atoms. The molecular formula is C13H19FN2O. The molecule has 1 rings (SSSR count). The van der Waals surface area contributed by atoms with Gasteiger partial charge in [0.1, 0.15) is 5.82 Å². The molecule has 94 valence electrons. The van der Waals surface area contributed by atoms with Gasteiger partial charge in [-0.3, -0.25) is 4.79 Å². The average Bonchev–Trinajstić information content (AvgIpc) is 2.33. The Labute approximate surface area is 101 Å². The maximum atomic E-state index is 12.9. The van der Waals surface area contributed by atoms with Crippen LogP contribution in [-0.4, -0.2) is 12.5 Å². The minimum absolute atomic E-state index is 0.000169. The van der Waals surface area contributed by atoms with Crippen molar-refractivity contribution in [3.8, 4) is 0 Å². The molecule has 0 radical (unpaired) electrons. The van der Waals surface area contributed by atoms with Gasteiger partial charge in [-0.2, -0.15) is 0 Å². The highest BCUT2D eigenvalue weighted by Crippen LogP contribution is 2.12. The zero-order valence-corrected chi connectivity index (χ0v) is 10.3. The second kappa shape index (κ2) is 6.23. The summed E-state index contributed by atoms with van der Waals surface area (Å²) in [5.74, 6) is -0.220. The molecule has 0 aromatic heterocycles. The monoisotopic (exact) mass is 238 g/mol. The fourth-order valence-corrected chi connectivity index (χ4v) is 1.60. The molecular weight excluding hydrogens is 219 g/mol. The molecule has 0 bridgehead atoms. The molecule has 3 N–H and O–H groups in total. The number of anilines is 1. The fraction of sp³-hybridized carbons (Fsp3) is 0.462. The minimum atomic E-state index is -0.499. The molecule has 0 aliphatic rings. The molecule has 0 aliphatic heterocycles. The van der Waals surface area contributed by atoms with Crippen LogP contribution in [0.4, 0.5) is 10.1 Å². The van der Waals surface area contributed by atoms with Crippen LogP contribution >= 0.6 is 0 Å². The summed E-state index contributed by atoms with van der Waals surface area (Å²) in [5.41, 5.74) is 5.81. The summed E-state index contributed by atoms with van der Waals surface area (Å²) in [5, 5.41) is 2.83. The summed E-state index contributed by atoms with van der Waals surface area (Å²) in [6, 6.07) is 4.01. The SMILES string of the molecule is CCC(CC)CNC(=O)c1ccc(F)c(N)c1. The average molecular weight is 238 g/mol. The van der Waals surface area contributed by atoms with Crippen molar-refractivity contribution in [2.45, 2.75) is 26.7 Å². The van der Waals surface area contributed by atoms with Crippen molar-refractivity contribution in [3.05, 3.63) is 29.6 Å². The van der Waals surface area contributed by atoms with Gasteiger partial charge in [-0.1, -0.05) is 26.7 Å². The number of halogens is 1. The molecule has 0 fully saturated rings. The van der Waals surface area contributed by atoms with Crippen LogP contribution < -0.4 is 11.1 Å². The van der Waals surface area contributed by atoms with Crippen LogP contribution in [0.5, 0.6) is 0 Å². The van der Waals surface area contributed by atoms with E-state index in [-0.39, 0.29) is 11.6 Å². The largest absolute Gasteiger partial charge is 0.396 e. The standard InChI is InChI=1S/C13H19FN2O/c1-3-9(4-2)8-16-13(17)10-5-6-11(14)12(15)7-10/h5-7,9H,3-4,8,15H2,1-2H3,(H,16,17). The Bertz CT molecular complexity index is 389. The van der Waals surface area contributed by atoms with Gasteiger partial charge in [0.05, 0.1) is 5.69 Å². The number of carbonyl (C=O) groups is 1. The third-order valence-corrected chi connectivity index (χ3v) is 2.96. The Morgan fingerprint density at radius 3 is 2.59 bits per heavy atom. The van der Waals surface area contributed by atoms with E-state index in [2.05, 4.69) is 19.2 Å². The number of hydrogen-bond acceptors (Lipinski definition) is 2. The van der Waals surface area contributed by atoms with Crippen LogP contribution in [0, 0.1) is 11.7 Å². The molecule has 1 amide bonds. The van der Waals surface area contributed by atoms with Crippen molar-refractivity contribution >= 4 is 11.6 Å². The van der Waals surface area contributed by atoms with E-state index in [0.29, 0.717) is 18.0 Å². The van der Waals surface area contributed by atoms with Crippen LogP contribution in [0.2, 0.25) is 0 Å². The first kappa shape index (κ1) is 13.5. The lowest BCUT2D eigenvalue weighted by Gasteiger charge is -2.13. The Kier molecular flexibility index (Phi) is 4.94. The van der Waals surface area contributed by atoms with Gasteiger partial charge in [0.15, 0.2) is 0 Å². The highest BCUT2D eigenvalue weighted by molar-refractivity contribution is 5.95. The number of nitrogens with one attached hydrogen (secondary N) is 1. The molecule has 0 aliphatic carbocycles. The lowest BCUT2D eigenvalue weighted by atomic mass is 10.0. The Morgan fingerprint density at radius 2 is 2.06 bits per heavy atom. The molecule has 0 atom stereocenters. The van der Waals surface area contributed by atoms with Crippen molar-refractivity contribution in [2.75, 3.05) is 12.3 Å². The number of rotatable bonds is 5. The number of amides is 1. The predicted molar refractivity (Wildman–Crippen MR) is 67.2 cm³/mol. The molecule has 0 heterocycles. The third-order valence-electron chi connectivity index (χ3n) is 2.96. The number of carbonyl (C=O) groups excluding carboxylic acids is 1. The quantitative estimate of drug-likeness (QED) is 0.775. The number of benzene rings is 1. The van der Waals surface area contributed by atoms with E-state index in [9.17, 15) is 9.18 Å². The number of nitrogen functional groups attached to an aromatic ring is 1. The first-order valence-corrected chi connectivity index (χ1v) is 5.91.